The van der Waals surface area contributed by atoms with Crippen LogP contribution < -0.4 is 10.3 Å². The van der Waals surface area contributed by atoms with E-state index in [9.17, 15) is 0 Å². The van der Waals surface area contributed by atoms with Crippen LogP contribution in [0.4, 0.5) is 11.4 Å². The predicted molar refractivity (Wildman–Crippen MR) is 129 cm³/mol. The summed E-state index contributed by atoms with van der Waals surface area (Å²) in [6.45, 7) is 4.59. The van der Waals surface area contributed by atoms with E-state index in [-0.39, 0.29) is 0 Å². The molecule has 31 heavy (non-hydrogen) atoms. The van der Waals surface area contributed by atoms with Gasteiger partial charge in [-0.15, -0.1) is 0 Å². The van der Waals surface area contributed by atoms with E-state index >= 15 is 0 Å². The molecule has 4 heteroatoms. The minimum Gasteiger partial charge on any atom is -0.456 e. The molecule has 2 heterocycles. The van der Waals surface area contributed by atoms with Crippen LogP contribution in [0.1, 0.15) is 19.8 Å². The molecule has 1 aromatic heterocycles. The number of nitrogens with zero attached hydrogens (tertiary/aromatic N) is 2. The van der Waals surface area contributed by atoms with Crippen molar-refractivity contribution in [1.82, 2.24) is 0 Å². The zero-order valence-electron chi connectivity index (χ0n) is 17.6. The summed E-state index contributed by atoms with van der Waals surface area (Å²) in [6, 6.07) is 26.3. The van der Waals surface area contributed by atoms with Crippen molar-refractivity contribution in [3.63, 3.8) is 0 Å². The molecule has 1 aliphatic heterocycles. The van der Waals surface area contributed by atoms with Gasteiger partial charge in [0.05, 0.1) is 11.0 Å². The molecule has 0 aliphatic carbocycles. The van der Waals surface area contributed by atoms with Gasteiger partial charge < -0.3 is 9.32 Å². The van der Waals surface area contributed by atoms with Gasteiger partial charge in [-0.3, -0.25) is 0 Å². The quantitative estimate of drug-likeness (QED) is 0.344. The fraction of sp³-hybridized carbons (Fsp3) is 0.222. The molecule has 0 bridgehead atoms. The lowest BCUT2D eigenvalue weighted by atomic mass is 9.99. The Kier molecular flexibility index (Phi) is 5.52. The van der Waals surface area contributed by atoms with E-state index in [4.69, 9.17) is 21.0 Å². The van der Waals surface area contributed by atoms with E-state index in [1.54, 1.807) is 0 Å². The van der Waals surface area contributed by atoms with Crippen molar-refractivity contribution in [1.29, 1.82) is 0 Å². The minimum atomic E-state index is 0.668. The van der Waals surface area contributed by atoms with Crippen LogP contribution in [0.5, 0.6) is 0 Å². The Morgan fingerprint density at radius 3 is 2.39 bits per heavy atom. The number of anilines is 1. The molecule has 156 valence electrons. The van der Waals surface area contributed by atoms with E-state index in [2.05, 4.69) is 36.1 Å². The lowest BCUT2D eigenvalue weighted by molar-refractivity contribution is 0.438. The van der Waals surface area contributed by atoms with E-state index < -0.39 is 0 Å². The van der Waals surface area contributed by atoms with Crippen molar-refractivity contribution in [3.05, 3.63) is 89.2 Å². The third-order valence-corrected chi connectivity index (χ3v) is 6.25. The van der Waals surface area contributed by atoms with Gasteiger partial charge >= 0.3 is 0 Å². The average Bonchev–Trinajstić information content (AvgIpc) is 2.81. The molecule has 4 aromatic rings. The number of benzene rings is 3. The van der Waals surface area contributed by atoms with Crippen LogP contribution in [-0.2, 0) is 0 Å². The number of hydrogen-bond donors (Lipinski definition) is 0. The third-order valence-electron chi connectivity index (χ3n) is 6.01. The maximum absolute atomic E-state index is 6.28. The van der Waals surface area contributed by atoms with Crippen LogP contribution in [0.25, 0.3) is 22.3 Å². The lowest BCUT2D eigenvalue weighted by Crippen LogP contribution is -2.32. The van der Waals surface area contributed by atoms with Gasteiger partial charge in [0.15, 0.2) is 0 Å². The second-order valence-electron chi connectivity index (χ2n) is 8.30. The Balaban J connectivity index is 1.56. The molecule has 0 spiro atoms. The zero-order chi connectivity index (χ0) is 21.2. The van der Waals surface area contributed by atoms with Gasteiger partial charge in [0.1, 0.15) is 11.3 Å². The summed E-state index contributed by atoms with van der Waals surface area (Å²) < 4.78 is 6.16. The highest BCUT2D eigenvalue weighted by atomic mass is 35.5. The highest BCUT2D eigenvalue weighted by Gasteiger charge is 2.15. The van der Waals surface area contributed by atoms with Crippen LogP contribution in [0.3, 0.4) is 0 Å². The standard InChI is InChI=1S/C27H25ClN2O/c1-19-13-15-30(16-14-19)23-10-8-22(9-11-23)29-25-18-27(20-5-3-2-4-6-20)31-26-12-7-21(28)17-24(25)26/h2-12,17-19H,13-16H2,1H3. The van der Waals surface area contributed by atoms with E-state index in [0.717, 1.165) is 52.3 Å². The van der Waals surface area contributed by atoms with Gasteiger partial charge in [-0.2, -0.15) is 0 Å². The summed E-state index contributed by atoms with van der Waals surface area (Å²) in [5.74, 6) is 1.61. The van der Waals surface area contributed by atoms with Crippen molar-refractivity contribution in [2.45, 2.75) is 19.8 Å². The van der Waals surface area contributed by atoms with Crippen LogP contribution in [0.2, 0.25) is 5.02 Å². The molecule has 3 nitrogen and oxygen atoms in total. The zero-order valence-corrected chi connectivity index (χ0v) is 18.3. The van der Waals surface area contributed by atoms with Crippen molar-refractivity contribution in [2.75, 3.05) is 18.0 Å². The monoisotopic (exact) mass is 428 g/mol. The van der Waals surface area contributed by atoms with Crippen LogP contribution >= 0.6 is 11.6 Å². The van der Waals surface area contributed by atoms with E-state index in [0.29, 0.717) is 5.02 Å². The number of piperidine rings is 1. The van der Waals surface area contributed by atoms with E-state index in [1.807, 2.05) is 54.6 Å². The second kappa shape index (κ2) is 8.60. The molecular formula is C27H25ClN2O. The van der Waals surface area contributed by atoms with Gasteiger partial charge in [0.25, 0.3) is 0 Å². The lowest BCUT2D eigenvalue weighted by Gasteiger charge is -2.32. The number of hydrogen-bond acceptors (Lipinski definition) is 3. The Morgan fingerprint density at radius 2 is 1.65 bits per heavy atom. The fourth-order valence-corrected chi connectivity index (χ4v) is 4.29. The Labute approximate surface area is 187 Å². The summed E-state index contributed by atoms with van der Waals surface area (Å²) in [4.78, 5) is 7.42. The largest absolute Gasteiger partial charge is 0.456 e. The van der Waals surface area contributed by atoms with Gasteiger partial charge in [-0.1, -0.05) is 48.9 Å². The molecule has 0 radical (unpaired) electrons. The molecule has 0 saturated carbocycles. The van der Waals surface area contributed by atoms with Crippen molar-refractivity contribution >= 4 is 33.9 Å². The van der Waals surface area contributed by atoms with Crippen molar-refractivity contribution in [3.8, 4) is 11.3 Å². The first-order valence-corrected chi connectivity index (χ1v) is 11.2. The highest BCUT2D eigenvalue weighted by Crippen LogP contribution is 2.27. The number of halogens is 1. The summed E-state index contributed by atoms with van der Waals surface area (Å²) in [6.07, 6.45) is 2.52. The molecule has 1 fully saturated rings. The van der Waals surface area contributed by atoms with Gasteiger partial charge in [0, 0.05) is 40.8 Å². The first-order valence-electron chi connectivity index (χ1n) is 10.8. The summed E-state index contributed by atoms with van der Waals surface area (Å²) in [7, 11) is 0. The maximum Gasteiger partial charge on any atom is 0.136 e. The Hall–Kier alpha value is -3.04. The summed E-state index contributed by atoms with van der Waals surface area (Å²) in [5.41, 5.74) is 3.97. The molecular weight excluding hydrogens is 404 g/mol. The SMILES string of the molecule is CC1CCN(c2ccc(N=c3cc(-c4ccccc4)oc4ccc(Cl)cc34)cc2)CC1. The predicted octanol–water partition coefficient (Wildman–Crippen LogP) is 7.22. The summed E-state index contributed by atoms with van der Waals surface area (Å²) >= 11 is 6.28. The maximum atomic E-state index is 6.28. The van der Waals surface area contributed by atoms with Crippen LogP contribution in [-0.4, -0.2) is 13.1 Å². The molecule has 0 atom stereocenters. The third kappa shape index (κ3) is 4.38. The first kappa shape index (κ1) is 19.9. The van der Waals surface area contributed by atoms with Crippen LogP contribution in [0.15, 0.2) is 88.3 Å². The molecule has 0 N–H and O–H groups in total. The Bertz CT molecular complexity index is 1250. The smallest absolute Gasteiger partial charge is 0.136 e. The first-order chi connectivity index (χ1) is 15.2. The second-order valence-corrected chi connectivity index (χ2v) is 8.74. The average molecular weight is 429 g/mol. The molecule has 0 amide bonds. The van der Waals surface area contributed by atoms with Gasteiger partial charge in [-0.25, -0.2) is 4.99 Å². The Morgan fingerprint density at radius 1 is 0.903 bits per heavy atom. The minimum absolute atomic E-state index is 0.668. The molecule has 3 aromatic carbocycles. The van der Waals surface area contributed by atoms with E-state index in [1.165, 1.54) is 18.5 Å². The topological polar surface area (TPSA) is 28.7 Å². The van der Waals surface area contributed by atoms with Crippen molar-refractivity contribution in [2.24, 2.45) is 10.9 Å². The molecule has 1 aliphatic rings. The highest BCUT2D eigenvalue weighted by molar-refractivity contribution is 6.31. The number of rotatable bonds is 3. The van der Waals surface area contributed by atoms with Crippen LogP contribution in [0, 0.1) is 5.92 Å². The number of fused-ring (bicyclic) bond motifs is 1. The normalized spacial score (nSPS) is 15.5. The molecule has 5 rings (SSSR count). The van der Waals surface area contributed by atoms with Crippen molar-refractivity contribution < 1.29 is 4.42 Å². The summed E-state index contributed by atoms with van der Waals surface area (Å²) in [5, 5.41) is 2.42. The fourth-order valence-electron chi connectivity index (χ4n) is 4.12. The van der Waals surface area contributed by atoms with Gasteiger partial charge in [0.2, 0.25) is 0 Å². The molecule has 0 unspecified atom stereocenters. The molecule has 1 saturated heterocycles. The van der Waals surface area contributed by atoms with Gasteiger partial charge in [-0.05, 0) is 61.2 Å².